The van der Waals surface area contributed by atoms with E-state index in [9.17, 15) is 4.79 Å². The Kier molecular flexibility index (Phi) is 4.43. The lowest BCUT2D eigenvalue weighted by Gasteiger charge is -2.16. The molecule has 0 saturated carbocycles. The van der Waals surface area contributed by atoms with E-state index in [0.29, 0.717) is 18.0 Å². The molecule has 0 bridgehead atoms. The fourth-order valence-electron chi connectivity index (χ4n) is 1.36. The maximum absolute atomic E-state index is 11.9. The lowest BCUT2D eigenvalue weighted by molar-refractivity contribution is 0.0766. The van der Waals surface area contributed by atoms with E-state index in [4.69, 9.17) is 5.11 Å². The summed E-state index contributed by atoms with van der Waals surface area (Å²) in [7, 11) is 1.67. The standard InChI is InChI=1S/C12H18N2O2/c1-9(2)10-6-11(8-13-7-10)12(16)14(3)4-5-15/h6-9,15H,4-5H2,1-3H3. The van der Waals surface area contributed by atoms with Gasteiger partial charge in [0.1, 0.15) is 0 Å². The van der Waals surface area contributed by atoms with E-state index in [1.807, 2.05) is 6.07 Å². The highest BCUT2D eigenvalue weighted by atomic mass is 16.3. The molecule has 0 spiro atoms. The van der Waals surface area contributed by atoms with Crippen LogP contribution in [0, 0.1) is 0 Å². The van der Waals surface area contributed by atoms with E-state index in [0.717, 1.165) is 5.56 Å². The number of hydrogen-bond acceptors (Lipinski definition) is 3. The molecule has 0 fully saturated rings. The fourth-order valence-corrected chi connectivity index (χ4v) is 1.36. The molecule has 1 aromatic heterocycles. The first-order valence-corrected chi connectivity index (χ1v) is 5.37. The zero-order valence-electron chi connectivity index (χ0n) is 9.97. The third kappa shape index (κ3) is 3.03. The van der Waals surface area contributed by atoms with Crippen molar-refractivity contribution in [3.63, 3.8) is 0 Å². The predicted molar refractivity (Wildman–Crippen MR) is 62.4 cm³/mol. The van der Waals surface area contributed by atoms with Crippen LogP contribution in [0.1, 0.15) is 35.7 Å². The highest BCUT2D eigenvalue weighted by Gasteiger charge is 2.12. The average Bonchev–Trinajstić information content (AvgIpc) is 2.28. The molecule has 0 radical (unpaired) electrons. The Morgan fingerprint density at radius 3 is 2.75 bits per heavy atom. The van der Waals surface area contributed by atoms with Crippen molar-refractivity contribution in [2.45, 2.75) is 19.8 Å². The highest BCUT2D eigenvalue weighted by Crippen LogP contribution is 2.14. The summed E-state index contributed by atoms with van der Waals surface area (Å²) in [6, 6.07) is 1.86. The summed E-state index contributed by atoms with van der Waals surface area (Å²) >= 11 is 0. The molecule has 4 nitrogen and oxygen atoms in total. The molecule has 0 saturated heterocycles. The number of likely N-dealkylation sites (N-methyl/N-ethyl adjacent to an activating group) is 1. The third-order valence-corrected chi connectivity index (χ3v) is 2.46. The van der Waals surface area contributed by atoms with E-state index in [1.54, 1.807) is 19.4 Å². The minimum Gasteiger partial charge on any atom is -0.395 e. The van der Waals surface area contributed by atoms with Gasteiger partial charge >= 0.3 is 0 Å². The largest absolute Gasteiger partial charge is 0.395 e. The van der Waals surface area contributed by atoms with Crippen LogP contribution >= 0.6 is 0 Å². The van der Waals surface area contributed by atoms with Gasteiger partial charge in [0.15, 0.2) is 0 Å². The van der Waals surface area contributed by atoms with Crippen molar-refractivity contribution >= 4 is 5.91 Å². The molecule has 1 heterocycles. The summed E-state index contributed by atoms with van der Waals surface area (Å²) < 4.78 is 0. The predicted octanol–water partition coefficient (Wildman–Crippen LogP) is 1.27. The zero-order chi connectivity index (χ0) is 12.1. The molecule has 0 aliphatic rings. The smallest absolute Gasteiger partial charge is 0.255 e. The number of carbonyl (C=O) groups excluding carboxylic acids is 1. The Bertz CT molecular complexity index is 364. The SMILES string of the molecule is CC(C)c1cncc(C(=O)N(C)CCO)c1. The van der Waals surface area contributed by atoms with Crippen molar-refractivity contribution in [3.8, 4) is 0 Å². The number of hydrogen-bond donors (Lipinski definition) is 1. The summed E-state index contributed by atoms with van der Waals surface area (Å²) in [4.78, 5) is 17.4. The number of aliphatic hydroxyl groups is 1. The molecule has 0 unspecified atom stereocenters. The summed E-state index contributed by atoms with van der Waals surface area (Å²) in [6.45, 7) is 4.43. The molecule has 0 aliphatic heterocycles. The van der Waals surface area contributed by atoms with Crippen LogP contribution in [-0.4, -0.2) is 41.1 Å². The average molecular weight is 222 g/mol. The normalized spacial score (nSPS) is 10.6. The van der Waals surface area contributed by atoms with E-state index >= 15 is 0 Å². The number of nitrogens with zero attached hydrogens (tertiary/aromatic N) is 2. The molecule has 1 rings (SSSR count). The van der Waals surface area contributed by atoms with Crippen molar-refractivity contribution in [1.82, 2.24) is 9.88 Å². The van der Waals surface area contributed by atoms with Gasteiger partial charge in [-0.05, 0) is 17.5 Å². The van der Waals surface area contributed by atoms with Gasteiger partial charge in [-0.15, -0.1) is 0 Å². The minimum atomic E-state index is -0.107. The molecule has 0 aromatic carbocycles. The summed E-state index contributed by atoms with van der Waals surface area (Å²) in [6.07, 6.45) is 3.33. The van der Waals surface area contributed by atoms with Gasteiger partial charge in [-0.3, -0.25) is 9.78 Å². The summed E-state index contributed by atoms with van der Waals surface area (Å²) in [5.41, 5.74) is 1.62. The molecule has 0 atom stereocenters. The third-order valence-electron chi connectivity index (χ3n) is 2.46. The van der Waals surface area contributed by atoms with Gasteiger partial charge in [-0.25, -0.2) is 0 Å². The first-order valence-electron chi connectivity index (χ1n) is 5.37. The van der Waals surface area contributed by atoms with Gasteiger partial charge in [-0.2, -0.15) is 0 Å². The monoisotopic (exact) mass is 222 g/mol. The van der Waals surface area contributed by atoms with Crippen molar-refractivity contribution in [2.24, 2.45) is 0 Å². The van der Waals surface area contributed by atoms with Crippen LogP contribution in [0.5, 0.6) is 0 Å². The number of aromatic nitrogens is 1. The summed E-state index contributed by atoms with van der Waals surface area (Å²) in [5, 5.41) is 8.77. The van der Waals surface area contributed by atoms with Gasteiger partial charge in [-0.1, -0.05) is 13.8 Å². The molecule has 4 heteroatoms. The minimum absolute atomic E-state index is 0.0282. The van der Waals surface area contributed by atoms with Crippen LogP contribution in [-0.2, 0) is 0 Å². The fraction of sp³-hybridized carbons (Fsp3) is 0.500. The summed E-state index contributed by atoms with van der Waals surface area (Å²) in [5.74, 6) is 0.243. The van der Waals surface area contributed by atoms with Crippen LogP contribution < -0.4 is 0 Å². The Labute approximate surface area is 95.9 Å². The van der Waals surface area contributed by atoms with Gasteiger partial charge in [0, 0.05) is 26.0 Å². The zero-order valence-corrected chi connectivity index (χ0v) is 9.97. The number of aliphatic hydroxyl groups excluding tert-OH is 1. The maximum atomic E-state index is 11.9. The van der Waals surface area contributed by atoms with E-state index < -0.39 is 0 Å². The Balaban J connectivity index is 2.87. The van der Waals surface area contributed by atoms with Crippen LogP contribution in [0.4, 0.5) is 0 Å². The number of carbonyl (C=O) groups is 1. The molecule has 16 heavy (non-hydrogen) atoms. The van der Waals surface area contributed by atoms with Gasteiger partial charge < -0.3 is 10.0 Å². The molecule has 0 aliphatic carbocycles. The van der Waals surface area contributed by atoms with Crippen molar-refractivity contribution in [1.29, 1.82) is 0 Å². The van der Waals surface area contributed by atoms with Crippen LogP contribution in [0.2, 0.25) is 0 Å². The van der Waals surface area contributed by atoms with Crippen molar-refractivity contribution in [2.75, 3.05) is 20.2 Å². The van der Waals surface area contributed by atoms with Crippen LogP contribution in [0.15, 0.2) is 18.5 Å². The second-order valence-electron chi connectivity index (χ2n) is 4.11. The van der Waals surface area contributed by atoms with Gasteiger partial charge in [0.05, 0.1) is 12.2 Å². The Morgan fingerprint density at radius 2 is 2.19 bits per heavy atom. The highest BCUT2D eigenvalue weighted by molar-refractivity contribution is 5.93. The molecular formula is C12H18N2O2. The Morgan fingerprint density at radius 1 is 1.50 bits per heavy atom. The number of pyridine rings is 1. The number of amides is 1. The molecule has 1 N–H and O–H groups in total. The number of rotatable bonds is 4. The molecule has 1 aromatic rings. The molecular weight excluding hydrogens is 204 g/mol. The van der Waals surface area contributed by atoms with Crippen LogP contribution in [0.3, 0.4) is 0 Å². The first kappa shape index (κ1) is 12.6. The Hall–Kier alpha value is -1.42. The maximum Gasteiger partial charge on any atom is 0.255 e. The van der Waals surface area contributed by atoms with Crippen LogP contribution in [0.25, 0.3) is 0 Å². The second kappa shape index (κ2) is 5.61. The lowest BCUT2D eigenvalue weighted by atomic mass is 10.0. The topological polar surface area (TPSA) is 53.4 Å². The van der Waals surface area contributed by atoms with Gasteiger partial charge in [0.2, 0.25) is 0 Å². The van der Waals surface area contributed by atoms with Crippen molar-refractivity contribution in [3.05, 3.63) is 29.6 Å². The van der Waals surface area contributed by atoms with Crippen molar-refractivity contribution < 1.29 is 9.90 Å². The molecule has 88 valence electrons. The quantitative estimate of drug-likeness (QED) is 0.834. The first-order chi connectivity index (χ1) is 7.56. The van der Waals surface area contributed by atoms with E-state index in [-0.39, 0.29) is 12.5 Å². The van der Waals surface area contributed by atoms with E-state index in [2.05, 4.69) is 18.8 Å². The lowest BCUT2D eigenvalue weighted by Crippen LogP contribution is -2.29. The second-order valence-corrected chi connectivity index (χ2v) is 4.11. The van der Waals surface area contributed by atoms with Gasteiger partial charge in [0.25, 0.3) is 5.91 Å². The van der Waals surface area contributed by atoms with E-state index in [1.165, 1.54) is 4.90 Å². The molecule has 1 amide bonds.